The number of rotatable bonds is 8. The molecular formula is C23H31N3O2. The van der Waals surface area contributed by atoms with Crippen LogP contribution in [-0.2, 0) is 6.54 Å². The first kappa shape index (κ1) is 20.5. The Kier molecular flexibility index (Phi) is 7.60. The Hall–Kier alpha value is -2.21. The minimum absolute atomic E-state index is 0.220. The second-order valence-electron chi connectivity index (χ2n) is 7.34. The van der Waals surface area contributed by atoms with Crippen LogP contribution in [0.1, 0.15) is 23.4 Å². The maximum absolute atomic E-state index is 9.52. The van der Waals surface area contributed by atoms with Gasteiger partial charge in [0.05, 0.1) is 12.8 Å². The first-order valence-corrected chi connectivity index (χ1v) is 9.98. The highest BCUT2D eigenvalue weighted by Gasteiger charge is 2.26. The second-order valence-corrected chi connectivity index (χ2v) is 7.34. The van der Waals surface area contributed by atoms with E-state index >= 15 is 0 Å². The number of hydrogen-bond donors (Lipinski definition) is 1. The predicted molar refractivity (Wildman–Crippen MR) is 113 cm³/mol. The number of nitrogens with zero attached hydrogens (tertiary/aromatic N) is 3. The first-order chi connectivity index (χ1) is 13.7. The van der Waals surface area contributed by atoms with Crippen molar-refractivity contribution in [2.45, 2.75) is 25.9 Å². The van der Waals surface area contributed by atoms with Crippen molar-refractivity contribution in [3.05, 3.63) is 65.5 Å². The number of benzene rings is 1. The molecule has 0 amide bonds. The second kappa shape index (κ2) is 10.4. The van der Waals surface area contributed by atoms with Crippen LogP contribution in [0.4, 0.5) is 0 Å². The van der Waals surface area contributed by atoms with Gasteiger partial charge in [-0.25, -0.2) is 0 Å². The molecule has 1 aromatic heterocycles. The van der Waals surface area contributed by atoms with Crippen molar-refractivity contribution >= 4 is 6.08 Å². The third kappa shape index (κ3) is 5.89. The Morgan fingerprint density at radius 3 is 2.71 bits per heavy atom. The molecule has 1 aliphatic heterocycles. The van der Waals surface area contributed by atoms with Crippen molar-refractivity contribution in [1.82, 2.24) is 14.8 Å². The van der Waals surface area contributed by atoms with Crippen LogP contribution < -0.4 is 4.74 Å². The minimum Gasteiger partial charge on any atom is -0.497 e. The zero-order valence-corrected chi connectivity index (χ0v) is 16.9. The molecule has 2 aromatic rings. The number of aliphatic hydroxyl groups is 1. The molecule has 0 radical (unpaired) electrons. The number of methoxy groups -OCH3 is 1. The Morgan fingerprint density at radius 2 is 2.00 bits per heavy atom. The third-order valence-corrected chi connectivity index (χ3v) is 5.25. The molecule has 1 saturated heterocycles. The minimum atomic E-state index is 0.220. The molecular weight excluding hydrogens is 350 g/mol. The van der Waals surface area contributed by atoms with Gasteiger partial charge in [0.2, 0.25) is 0 Å². The molecule has 1 fully saturated rings. The van der Waals surface area contributed by atoms with Crippen LogP contribution in [-0.4, -0.2) is 65.8 Å². The molecule has 0 bridgehead atoms. The number of piperazine rings is 1. The maximum atomic E-state index is 9.52. The van der Waals surface area contributed by atoms with Gasteiger partial charge in [0.1, 0.15) is 5.75 Å². The fraction of sp³-hybridized carbons (Fsp3) is 0.435. The van der Waals surface area contributed by atoms with E-state index in [1.54, 1.807) is 7.11 Å². The fourth-order valence-electron chi connectivity index (χ4n) is 3.70. The summed E-state index contributed by atoms with van der Waals surface area (Å²) in [5.74, 6) is 0.878. The van der Waals surface area contributed by atoms with Gasteiger partial charge >= 0.3 is 0 Å². The molecule has 0 unspecified atom stereocenters. The summed E-state index contributed by atoms with van der Waals surface area (Å²) < 4.78 is 5.20. The van der Waals surface area contributed by atoms with E-state index in [2.05, 4.69) is 51.2 Å². The molecule has 5 heteroatoms. The van der Waals surface area contributed by atoms with Crippen LogP contribution in [0.2, 0.25) is 0 Å². The van der Waals surface area contributed by atoms with E-state index in [1.807, 2.05) is 25.1 Å². The maximum Gasteiger partial charge on any atom is 0.118 e. The molecule has 1 atom stereocenters. The number of hydrogen-bond acceptors (Lipinski definition) is 5. The molecule has 28 heavy (non-hydrogen) atoms. The predicted octanol–water partition coefficient (Wildman–Crippen LogP) is 2.98. The third-order valence-electron chi connectivity index (χ3n) is 5.25. The molecule has 2 heterocycles. The van der Waals surface area contributed by atoms with Gasteiger partial charge in [0.15, 0.2) is 0 Å². The number of ether oxygens (including phenoxy) is 1. The van der Waals surface area contributed by atoms with Crippen molar-refractivity contribution in [3.63, 3.8) is 0 Å². The van der Waals surface area contributed by atoms with Gasteiger partial charge in [-0.1, -0.05) is 30.4 Å². The van der Waals surface area contributed by atoms with Crippen LogP contribution in [0.25, 0.3) is 6.08 Å². The van der Waals surface area contributed by atoms with Gasteiger partial charge in [-0.15, -0.1) is 0 Å². The van der Waals surface area contributed by atoms with E-state index in [4.69, 9.17) is 4.74 Å². The van der Waals surface area contributed by atoms with E-state index in [-0.39, 0.29) is 6.61 Å². The first-order valence-electron chi connectivity index (χ1n) is 9.98. The Morgan fingerprint density at radius 1 is 1.18 bits per heavy atom. The Labute approximate surface area is 168 Å². The van der Waals surface area contributed by atoms with Gasteiger partial charge in [-0.2, -0.15) is 0 Å². The number of aryl methyl sites for hydroxylation is 1. The smallest absolute Gasteiger partial charge is 0.118 e. The van der Waals surface area contributed by atoms with E-state index in [0.717, 1.165) is 56.3 Å². The lowest BCUT2D eigenvalue weighted by molar-refractivity contribution is 0.0587. The van der Waals surface area contributed by atoms with E-state index < -0.39 is 0 Å². The highest BCUT2D eigenvalue weighted by Crippen LogP contribution is 2.17. The van der Waals surface area contributed by atoms with Crippen LogP contribution in [0, 0.1) is 6.92 Å². The monoisotopic (exact) mass is 381 g/mol. The highest BCUT2D eigenvalue weighted by molar-refractivity contribution is 5.50. The molecule has 0 aliphatic carbocycles. The summed E-state index contributed by atoms with van der Waals surface area (Å²) in [6.07, 6.45) is 5.17. The average molecular weight is 382 g/mol. The van der Waals surface area contributed by atoms with Crippen LogP contribution in [0.5, 0.6) is 5.75 Å². The van der Waals surface area contributed by atoms with E-state index in [9.17, 15) is 5.11 Å². The lowest BCUT2D eigenvalue weighted by Gasteiger charge is -2.41. The lowest BCUT2D eigenvalue weighted by Crippen LogP contribution is -2.52. The fourth-order valence-corrected chi connectivity index (χ4v) is 3.70. The molecule has 150 valence electrons. The zero-order chi connectivity index (χ0) is 19.8. The van der Waals surface area contributed by atoms with Gasteiger partial charge in [0.25, 0.3) is 0 Å². The number of aromatic nitrogens is 1. The van der Waals surface area contributed by atoms with Gasteiger partial charge in [0, 0.05) is 51.1 Å². The quantitative estimate of drug-likeness (QED) is 0.762. The number of pyridine rings is 1. The van der Waals surface area contributed by atoms with Gasteiger partial charge in [-0.05, 0) is 43.2 Å². The van der Waals surface area contributed by atoms with Gasteiger partial charge in [-0.3, -0.25) is 14.8 Å². The van der Waals surface area contributed by atoms with Crippen LogP contribution in [0.15, 0.2) is 48.5 Å². The van der Waals surface area contributed by atoms with Crippen molar-refractivity contribution in [3.8, 4) is 5.75 Å². The van der Waals surface area contributed by atoms with Crippen molar-refractivity contribution in [1.29, 1.82) is 0 Å². The summed E-state index contributed by atoms with van der Waals surface area (Å²) in [7, 11) is 1.68. The summed E-state index contributed by atoms with van der Waals surface area (Å²) in [5, 5.41) is 9.52. The van der Waals surface area contributed by atoms with Crippen LogP contribution in [0.3, 0.4) is 0 Å². The molecule has 1 N–H and O–H groups in total. The molecule has 1 aromatic carbocycles. The normalized spacial score (nSPS) is 18.6. The molecule has 0 spiro atoms. The molecule has 5 nitrogen and oxygen atoms in total. The Balaban J connectivity index is 1.54. The standard InChI is InChI=1S/C23H31N3O2/c1-19-5-3-7-21(24-19)17-26-15-14-25(18-22(26)12-16-27)13-4-6-20-8-10-23(28-2)11-9-20/h3-11,22,27H,12-18H2,1-2H3/b6-4+/t22-/m1/s1. The molecule has 1 aliphatic rings. The summed E-state index contributed by atoms with van der Waals surface area (Å²) in [6.45, 7) is 7.02. The average Bonchev–Trinajstić information content (AvgIpc) is 2.71. The van der Waals surface area contributed by atoms with Crippen molar-refractivity contribution in [2.75, 3.05) is 39.9 Å². The zero-order valence-electron chi connectivity index (χ0n) is 16.9. The summed E-state index contributed by atoms with van der Waals surface area (Å²) in [6, 6.07) is 14.6. The summed E-state index contributed by atoms with van der Waals surface area (Å²) in [5.41, 5.74) is 3.34. The highest BCUT2D eigenvalue weighted by atomic mass is 16.5. The van der Waals surface area contributed by atoms with E-state index in [0.29, 0.717) is 6.04 Å². The topological polar surface area (TPSA) is 48.8 Å². The summed E-state index contributed by atoms with van der Waals surface area (Å²) >= 11 is 0. The van der Waals surface area contributed by atoms with Crippen molar-refractivity contribution < 1.29 is 9.84 Å². The molecule has 3 rings (SSSR count). The van der Waals surface area contributed by atoms with Crippen molar-refractivity contribution in [2.24, 2.45) is 0 Å². The number of aliphatic hydroxyl groups excluding tert-OH is 1. The van der Waals surface area contributed by atoms with Crippen LogP contribution >= 0.6 is 0 Å². The Bertz CT molecular complexity index is 761. The largest absolute Gasteiger partial charge is 0.497 e. The lowest BCUT2D eigenvalue weighted by atomic mass is 10.1. The summed E-state index contributed by atoms with van der Waals surface area (Å²) in [4.78, 5) is 9.56. The SMILES string of the molecule is COc1ccc(/C=C/CN2CCN(Cc3cccc(C)n3)[C@H](CCO)C2)cc1. The van der Waals surface area contributed by atoms with Gasteiger partial charge < -0.3 is 9.84 Å². The molecule has 0 saturated carbocycles. The van der Waals surface area contributed by atoms with E-state index in [1.165, 1.54) is 5.56 Å².